The third kappa shape index (κ3) is 8.88. The highest BCUT2D eigenvalue weighted by Gasteiger charge is 2.27. The van der Waals surface area contributed by atoms with Gasteiger partial charge in [-0.05, 0) is 72.8 Å². The molecule has 8 bridgehead atoms. The van der Waals surface area contributed by atoms with Crippen LogP contribution >= 0.6 is 89.1 Å². The van der Waals surface area contributed by atoms with Gasteiger partial charge in [-0.25, -0.2) is 43.6 Å². The van der Waals surface area contributed by atoms with Crippen LogP contribution in [0.1, 0.15) is 22.8 Å². The summed E-state index contributed by atoms with van der Waals surface area (Å²) in [5, 5.41) is -1.01. The summed E-state index contributed by atoms with van der Waals surface area (Å²) in [6.45, 7) is 0. The topological polar surface area (TPSA) is 194 Å². The maximum absolute atomic E-state index is 12.8. The van der Waals surface area contributed by atoms with E-state index < -0.39 is 55.8 Å². The third-order valence-corrected chi connectivity index (χ3v) is 18.3. The second kappa shape index (κ2) is 17.8. The van der Waals surface area contributed by atoms with Crippen molar-refractivity contribution in [2.24, 2.45) is 0 Å². The van der Waals surface area contributed by atoms with Gasteiger partial charge in [0.2, 0.25) is 0 Å². The zero-order chi connectivity index (χ0) is 48.8. The summed E-state index contributed by atoms with van der Waals surface area (Å²) in [5.41, 5.74) is 3.59. The molecule has 346 valence electrons. The van der Waals surface area contributed by atoms with Gasteiger partial charge in [-0.15, -0.1) is 0 Å². The lowest BCUT2D eigenvalue weighted by Crippen LogP contribution is -1.96. The number of hydrogen-bond acceptors (Lipinski definition) is 10. The van der Waals surface area contributed by atoms with Crippen LogP contribution < -0.4 is 0 Å². The van der Waals surface area contributed by atoms with E-state index in [-0.39, 0.29) is 87.4 Å². The Labute approximate surface area is 425 Å². The molecular weight excluding hydrogens is 1120 g/mol. The zero-order valence-corrected chi connectivity index (χ0v) is 42.7. The molecule has 0 atom stereocenters. The second-order valence-electron chi connectivity index (χ2n) is 14.7. The first kappa shape index (κ1) is 48.6. The molecule has 0 fully saturated rings. The number of nitrogens with zero attached hydrogens (tertiary/aromatic N) is 2. The van der Waals surface area contributed by atoms with Crippen LogP contribution in [-0.4, -0.2) is 53.6 Å². The molecule has 68 heavy (non-hydrogen) atoms. The Morgan fingerprint density at radius 2 is 0.529 bits per heavy atom. The van der Waals surface area contributed by atoms with Crippen LogP contribution in [0.4, 0.5) is 0 Å². The minimum atomic E-state index is -4.40. The van der Waals surface area contributed by atoms with E-state index in [1.807, 2.05) is 0 Å². The average Bonchev–Trinajstić information content (AvgIpc) is 4.09. The van der Waals surface area contributed by atoms with Gasteiger partial charge >= 0.3 is 0 Å². The number of aromatic nitrogens is 4. The first-order chi connectivity index (χ1) is 31.9. The molecule has 24 heteroatoms. The van der Waals surface area contributed by atoms with E-state index in [0.29, 0.717) is 22.1 Å². The third-order valence-electron chi connectivity index (χ3n) is 10.7. The molecule has 0 unspecified atom stereocenters. The molecule has 2 aliphatic rings. The molecule has 7 aromatic rings. The average molecular weight is 1150 g/mol. The molecule has 9 rings (SSSR count). The Kier molecular flexibility index (Phi) is 12.7. The molecule has 12 nitrogen and oxygen atoms in total. The lowest BCUT2D eigenvalue weighted by Gasteiger charge is -2.11. The van der Waals surface area contributed by atoms with Crippen molar-refractivity contribution in [3.8, 4) is 44.5 Å². The van der Waals surface area contributed by atoms with Crippen molar-refractivity contribution in [3.63, 3.8) is 0 Å². The van der Waals surface area contributed by atoms with E-state index in [1.54, 1.807) is 72.8 Å². The number of halogens is 8. The van der Waals surface area contributed by atoms with E-state index >= 15 is 0 Å². The zero-order valence-electron chi connectivity index (χ0n) is 33.4. The lowest BCUT2D eigenvalue weighted by atomic mass is 10.0. The summed E-state index contributed by atoms with van der Waals surface area (Å²) in [4.78, 5) is 15.2. The molecule has 2 N–H and O–H groups in total. The van der Waals surface area contributed by atoms with E-state index in [9.17, 15) is 33.7 Å². The van der Waals surface area contributed by atoms with Gasteiger partial charge in [-0.1, -0.05) is 94.9 Å². The van der Waals surface area contributed by atoms with Crippen molar-refractivity contribution in [2.75, 3.05) is 0 Å². The number of aromatic amines is 2. The van der Waals surface area contributed by atoms with Crippen LogP contribution in [0.15, 0.2) is 117 Å². The van der Waals surface area contributed by atoms with Gasteiger partial charge in [0.05, 0.1) is 42.9 Å². The van der Waals surface area contributed by atoms with Crippen molar-refractivity contribution in [1.29, 1.82) is 0 Å². The highest BCUT2D eigenvalue weighted by atomic mass is 35.7. The fourth-order valence-corrected chi connectivity index (χ4v) is 14.3. The van der Waals surface area contributed by atoms with Gasteiger partial charge in [0, 0.05) is 109 Å². The van der Waals surface area contributed by atoms with Crippen LogP contribution in [0.3, 0.4) is 0 Å². The molecule has 2 aliphatic heterocycles. The fraction of sp³-hybridized carbons (Fsp3) is 0. The summed E-state index contributed by atoms with van der Waals surface area (Å²) in [7, 11) is 5.85. The lowest BCUT2D eigenvalue weighted by molar-refractivity contribution is 0.608. The molecule has 0 aliphatic carbocycles. The van der Waals surface area contributed by atoms with E-state index in [2.05, 4.69) is 9.97 Å². The van der Waals surface area contributed by atoms with Crippen molar-refractivity contribution in [2.45, 2.75) is 19.6 Å². The van der Waals surface area contributed by atoms with Crippen LogP contribution in [0.25, 0.3) is 90.9 Å². The number of H-pyrrole nitrogens is 2. The molecule has 0 amide bonds. The Morgan fingerprint density at radius 1 is 0.324 bits per heavy atom. The highest BCUT2D eigenvalue weighted by Crippen LogP contribution is 2.46. The van der Waals surface area contributed by atoms with Crippen molar-refractivity contribution in [3.05, 3.63) is 140 Å². The molecule has 4 aromatic carbocycles. The number of nitrogens with one attached hydrogen (secondary N) is 2. The maximum atomic E-state index is 12.8. The van der Waals surface area contributed by atoms with Crippen molar-refractivity contribution in [1.82, 2.24) is 19.9 Å². The van der Waals surface area contributed by atoms with Gasteiger partial charge in [-0.3, -0.25) is 0 Å². The predicted molar refractivity (Wildman–Crippen MR) is 273 cm³/mol. The minimum absolute atomic E-state index is 0.158. The number of benzene rings is 4. The number of fused-ring (bicyclic) bond motifs is 8. The predicted octanol–water partition coefficient (Wildman–Crippen LogP) is 13.6. The van der Waals surface area contributed by atoms with E-state index in [4.69, 9.17) is 99.1 Å². The van der Waals surface area contributed by atoms with E-state index in [0.717, 1.165) is 0 Å². The largest absolute Gasteiger partial charge is 0.354 e. The Bertz CT molecular complexity index is 3590. The van der Waals surface area contributed by atoms with Gasteiger partial charge in [0.25, 0.3) is 36.2 Å². The quantitative estimate of drug-likeness (QED) is 0.138. The molecule has 0 saturated heterocycles. The summed E-state index contributed by atoms with van der Waals surface area (Å²) in [6, 6.07) is 23.5. The summed E-state index contributed by atoms with van der Waals surface area (Å²) in [6.07, 6.45) is 6.44. The van der Waals surface area contributed by atoms with Crippen LogP contribution in [0.5, 0.6) is 0 Å². The SMILES string of the molecule is O=S(=O)(Cl)c1cccc(-c2c3nc(c(-c4cccc(S(=O)(=O)Cl)c4Cl)c4ccc([nH]4)c(-c4cccc(S(=O)(=O)Cl)c4Cl)c4nc(c(-c5cccc(S(=O)(=O)Cl)c5Cl)c5ccc2[nH]5)C=C4)C=C3)c1Cl. The molecular formula is C44H22Cl8N4O8S4. The van der Waals surface area contributed by atoms with Gasteiger partial charge in [0.1, 0.15) is 19.6 Å². The van der Waals surface area contributed by atoms with Crippen LogP contribution in [-0.2, 0) is 36.2 Å². The number of rotatable bonds is 8. The molecule has 3 aromatic heterocycles. The maximum Gasteiger partial charge on any atom is 0.262 e. The first-order valence-electron chi connectivity index (χ1n) is 19.0. The smallest absolute Gasteiger partial charge is 0.262 e. The Balaban J connectivity index is 1.54. The molecule has 0 saturated carbocycles. The second-order valence-corrected chi connectivity index (χ2v) is 26.4. The fourth-order valence-electron chi connectivity index (χ4n) is 7.91. The van der Waals surface area contributed by atoms with Gasteiger partial charge in [-0.2, -0.15) is 0 Å². The van der Waals surface area contributed by atoms with Crippen LogP contribution in [0, 0.1) is 0 Å². The normalized spacial score (nSPS) is 13.1. The summed E-state index contributed by atoms with van der Waals surface area (Å²) < 4.78 is 102. The Hall–Kier alpha value is -4.40. The summed E-state index contributed by atoms with van der Waals surface area (Å²) in [5.74, 6) is 0. The van der Waals surface area contributed by atoms with Crippen molar-refractivity contribution >= 4 is 172 Å². The minimum Gasteiger partial charge on any atom is -0.354 e. The van der Waals surface area contributed by atoms with Gasteiger partial charge in [0.15, 0.2) is 0 Å². The van der Waals surface area contributed by atoms with Gasteiger partial charge < -0.3 is 9.97 Å². The Morgan fingerprint density at radius 3 is 0.721 bits per heavy atom. The molecule has 0 radical (unpaired) electrons. The standard InChI is InChI=1S/C44H22Cl8N4O8S4/c45-41-21(5-1-9-33(41)65(49,57)58)37-25-13-15-27(53-25)38(22-6-2-10-34(42(22)46)66(50,59)60)29-17-19-31(55-29)40(24-8-4-12-36(44(24)48)68(52,63)64)32-20-18-30(56-32)39(28-16-14-26(37)54-28)23-7-3-11-35(43(23)47)67(51,61)62/h1-20,53,56H. The highest BCUT2D eigenvalue weighted by molar-refractivity contribution is 8.14. The molecule has 5 heterocycles. The summed E-state index contributed by atoms with van der Waals surface area (Å²) >= 11 is 27.6. The first-order valence-corrected chi connectivity index (χ1v) is 29.8. The van der Waals surface area contributed by atoms with Crippen LogP contribution in [0.2, 0.25) is 20.1 Å². The van der Waals surface area contributed by atoms with Crippen molar-refractivity contribution < 1.29 is 33.7 Å². The number of hydrogen-bond donors (Lipinski definition) is 2. The monoisotopic (exact) mass is 1140 g/mol. The van der Waals surface area contributed by atoms with E-state index in [1.165, 1.54) is 48.5 Å². The molecule has 0 spiro atoms.